The molecule has 0 aliphatic heterocycles. The van der Waals surface area contributed by atoms with Gasteiger partial charge in [-0.1, -0.05) is 6.92 Å². The van der Waals surface area contributed by atoms with Gasteiger partial charge in [-0.05, 0) is 27.2 Å². The standard InChI is InChI=1S/C12H24N2O4/c1-6-12(4,9(15)16)8-14-10(17)13-7-11(2,3)18-5/h6-8H2,1-5H3,(H,15,16)(H2,13,14,17). The van der Waals surface area contributed by atoms with Crippen LogP contribution in [0.1, 0.15) is 34.1 Å². The fraction of sp³-hybridized carbons (Fsp3) is 0.833. The number of urea groups is 1. The SMILES string of the molecule is CCC(C)(CNC(=O)NCC(C)(C)OC)C(=O)O. The van der Waals surface area contributed by atoms with E-state index in [-0.39, 0.29) is 12.6 Å². The Morgan fingerprint density at radius 1 is 1.17 bits per heavy atom. The number of rotatable bonds is 7. The molecule has 106 valence electrons. The lowest BCUT2D eigenvalue weighted by Crippen LogP contribution is -2.48. The summed E-state index contributed by atoms with van der Waals surface area (Å²) in [6, 6.07) is -0.388. The molecule has 6 heteroatoms. The number of carboxylic acids is 1. The highest BCUT2D eigenvalue weighted by Crippen LogP contribution is 2.19. The summed E-state index contributed by atoms with van der Waals surface area (Å²) >= 11 is 0. The molecule has 0 heterocycles. The van der Waals surface area contributed by atoms with Crippen molar-refractivity contribution in [2.75, 3.05) is 20.2 Å². The molecular weight excluding hydrogens is 236 g/mol. The first kappa shape index (κ1) is 16.7. The van der Waals surface area contributed by atoms with Gasteiger partial charge in [-0.3, -0.25) is 4.79 Å². The highest BCUT2D eigenvalue weighted by Gasteiger charge is 2.31. The molecular formula is C12H24N2O4. The second-order valence-electron chi connectivity index (χ2n) is 5.22. The molecule has 0 aromatic carbocycles. The summed E-state index contributed by atoms with van der Waals surface area (Å²) in [7, 11) is 1.57. The Morgan fingerprint density at radius 3 is 2.06 bits per heavy atom. The normalized spacial score (nSPS) is 14.7. The zero-order valence-electron chi connectivity index (χ0n) is 11.8. The first-order chi connectivity index (χ1) is 8.17. The fourth-order valence-electron chi connectivity index (χ4n) is 1.06. The van der Waals surface area contributed by atoms with Gasteiger partial charge in [-0.25, -0.2) is 4.79 Å². The molecule has 0 aliphatic carbocycles. The number of carbonyl (C=O) groups is 2. The van der Waals surface area contributed by atoms with Gasteiger partial charge in [0, 0.05) is 20.2 Å². The molecule has 0 spiro atoms. The van der Waals surface area contributed by atoms with Crippen LogP contribution < -0.4 is 10.6 Å². The zero-order chi connectivity index (χ0) is 14.4. The van der Waals surface area contributed by atoms with E-state index in [1.54, 1.807) is 21.0 Å². The van der Waals surface area contributed by atoms with Crippen molar-refractivity contribution in [3.8, 4) is 0 Å². The fourth-order valence-corrected chi connectivity index (χ4v) is 1.06. The van der Waals surface area contributed by atoms with Crippen LogP contribution in [0.4, 0.5) is 4.79 Å². The highest BCUT2D eigenvalue weighted by molar-refractivity contribution is 5.77. The van der Waals surface area contributed by atoms with E-state index in [1.165, 1.54) is 0 Å². The summed E-state index contributed by atoms with van der Waals surface area (Å²) < 4.78 is 5.16. The number of carboxylic acid groups (broad SMARTS) is 1. The van der Waals surface area contributed by atoms with Gasteiger partial charge in [0.2, 0.25) is 0 Å². The summed E-state index contributed by atoms with van der Waals surface area (Å²) in [5, 5.41) is 14.3. The maximum Gasteiger partial charge on any atom is 0.314 e. The summed E-state index contributed by atoms with van der Waals surface area (Å²) in [6.45, 7) is 7.53. The molecule has 0 saturated carbocycles. The van der Waals surface area contributed by atoms with Crippen LogP contribution in [0.2, 0.25) is 0 Å². The Hall–Kier alpha value is -1.30. The molecule has 0 saturated heterocycles. The van der Waals surface area contributed by atoms with Crippen molar-refractivity contribution in [3.05, 3.63) is 0 Å². The Kier molecular flexibility index (Phi) is 6.11. The predicted molar refractivity (Wildman–Crippen MR) is 68.5 cm³/mol. The minimum absolute atomic E-state index is 0.0953. The van der Waals surface area contributed by atoms with Crippen LogP contribution >= 0.6 is 0 Å². The average Bonchev–Trinajstić information content (AvgIpc) is 2.33. The third-order valence-electron chi connectivity index (χ3n) is 3.16. The maximum atomic E-state index is 11.5. The topological polar surface area (TPSA) is 87.7 Å². The smallest absolute Gasteiger partial charge is 0.314 e. The minimum atomic E-state index is -0.936. The molecule has 18 heavy (non-hydrogen) atoms. The Morgan fingerprint density at radius 2 is 1.67 bits per heavy atom. The summed E-state index contributed by atoms with van der Waals surface area (Å²) in [6.07, 6.45) is 0.451. The molecule has 1 unspecified atom stereocenters. The van der Waals surface area contributed by atoms with Crippen molar-refractivity contribution in [3.63, 3.8) is 0 Å². The van der Waals surface area contributed by atoms with E-state index in [0.29, 0.717) is 13.0 Å². The van der Waals surface area contributed by atoms with Crippen LogP contribution in [0.5, 0.6) is 0 Å². The minimum Gasteiger partial charge on any atom is -0.481 e. The van der Waals surface area contributed by atoms with Gasteiger partial charge >= 0.3 is 12.0 Å². The van der Waals surface area contributed by atoms with E-state index in [4.69, 9.17) is 9.84 Å². The molecule has 3 N–H and O–H groups in total. The molecule has 0 rings (SSSR count). The molecule has 0 bridgehead atoms. The number of hydrogen-bond acceptors (Lipinski definition) is 3. The average molecular weight is 260 g/mol. The van der Waals surface area contributed by atoms with Gasteiger partial charge < -0.3 is 20.5 Å². The van der Waals surface area contributed by atoms with Gasteiger partial charge in [0.15, 0.2) is 0 Å². The number of aliphatic carboxylic acids is 1. The third-order valence-corrected chi connectivity index (χ3v) is 3.16. The monoisotopic (exact) mass is 260 g/mol. The van der Waals surface area contributed by atoms with Gasteiger partial charge in [0.05, 0.1) is 11.0 Å². The Labute approximate surface area is 108 Å². The van der Waals surface area contributed by atoms with Crippen LogP contribution in [-0.2, 0) is 9.53 Å². The Bertz CT molecular complexity index is 304. The second-order valence-corrected chi connectivity index (χ2v) is 5.22. The van der Waals surface area contributed by atoms with Crippen LogP contribution in [0, 0.1) is 5.41 Å². The van der Waals surface area contributed by atoms with E-state index in [1.807, 2.05) is 13.8 Å². The van der Waals surface area contributed by atoms with Crippen molar-refractivity contribution in [2.45, 2.75) is 39.7 Å². The van der Waals surface area contributed by atoms with Crippen molar-refractivity contribution < 1.29 is 19.4 Å². The van der Waals surface area contributed by atoms with Crippen LogP contribution in [0.15, 0.2) is 0 Å². The quantitative estimate of drug-likeness (QED) is 0.642. The summed E-state index contributed by atoms with van der Waals surface area (Å²) in [4.78, 5) is 22.6. The number of hydrogen-bond donors (Lipinski definition) is 3. The van der Waals surface area contributed by atoms with E-state index in [9.17, 15) is 9.59 Å². The number of carbonyl (C=O) groups excluding carboxylic acids is 1. The van der Waals surface area contributed by atoms with Crippen molar-refractivity contribution in [1.29, 1.82) is 0 Å². The molecule has 1 atom stereocenters. The van der Waals surface area contributed by atoms with Gasteiger partial charge in [-0.2, -0.15) is 0 Å². The molecule has 0 aromatic rings. The van der Waals surface area contributed by atoms with Crippen LogP contribution in [0.3, 0.4) is 0 Å². The van der Waals surface area contributed by atoms with Gasteiger partial charge in [-0.15, -0.1) is 0 Å². The van der Waals surface area contributed by atoms with E-state index < -0.39 is 17.0 Å². The van der Waals surface area contributed by atoms with Crippen LogP contribution in [0.25, 0.3) is 0 Å². The Balaban J connectivity index is 4.15. The summed E-state index contributed by atoms with van der Waals surface area (Å²) in [5.41, 5.74) is -1.38. The highest BCUT2D eigenvalue weighted by atomic mass is 16.5. The largest absolute Gasteiger partial charge is 0.481 e. The van der Waals surface area contributed by atoms with E-state index >= 15 is 0 Å². The maximum absolute atomic E-state index is 11.5. The lowest BCUT2D eigenvalue weighted by molar-refractivity contribution is -0.147. The first-order valence-corrected chi connectivity index (χ1v) is 5.97. The van der Waals surface area contributed by atoms with Crippen molar-refractivity contribution in [2.24, 2.45) is 5.41 Å². The number of amides is 2. The lowest BCUT2D eigenvalue weighted by atomic mass is 9.88. The first-order valence-electron chi connectivity index (χ1n) is 5.97. The van der Waals surface area contributed by atoms with Crippen LogP contribution in [-0.4, -0.2) is 42.9 Å². The van der Waals surface area contributed by atoms with Crippen molar-refractivity contribution in [1.82, 2.24) is 10.6 Å². The van der Waals surface area contributed by atoms with E-state index in [2.05, 4.69) is 10.6 Å². The number of nitrogens with one attached hydrogen (secondary N) is 2. The molecule has 0 radical (unpaired) electrons. The van der Waals surface area contributed by atoms with Gasteiger partial charge in [0.1, 0.15) is 0 Å². The van der Waals surface area contributed by atoms with Gasteiger partial charge in [0.25, 0.3) is 0 Å². The summed E-state index contributed by atoms with van der Waals surface area (Å²) in [5.74, 6) is -0.914. The predicted octanol–water partition coefficient (Wildman–Crippen LogP) is 1.21. The third kappa shape index (κ3) is 5.35. The molecule has 0 fully saturated rings. The number of ether oxygens (including phenoxy) is 1. The molecule has 2 amide bonds. The zero-order valence-corrected chi connectivity index (χ0v) is 11.8. The number of methoxy groups -OCH3 is 1. The molecule has 0 aliphatic rings. The lowest BCUT2D eigenvalue weighted by Gasteiger charge is -2.25. The molecule has 6 nitrogen and oxygen atoms in total. The molecule has 0 aromatic heterocycles. The van der Waals surface area contributed by atoms with Crippen molar-refractivity contribution >= 4 is 12.0 Å². The second kappa shape index (κ2) is 6.58. The van der Waals surface area contributed by atoms with E-state index in [0.717, 1.165) is 0 Å².